The fourth-order valence-corrected chi connectivity index (χ4v) is 8.11. The zero-order valence-corrected chi connectivity index (χ0v) is 18.7. The lowest BCUT2D eigenvalue weighted by Gasteiger charge is -2.59. The van der Waals surface area contributed by atoms with E-state index in [2.05, 4.69) is 40.7 Å². The van der Waals surface area contributed by atoms with Crippen molar-refractivity contribution in [3.63, 3.8) is 0 Å². The highest BCUT2D eigenvalue weighted by atomic mass is 16.3. The van der Waals surface area contributed by atoms with Crippen molar-refractivity contribution in [2.75, 3.05) is 0 Å². The first-order chi connectivity index (χ1) is 13.2. The van der Waals surface area contributed by atoms with Crippen LogP contribution in [0.25, 0.3) is 0 Å². The molecule has 0 aromatic heterocycles. The summed E-state index contributed by atoms with van der Waals surface area (Å²) >= 11 is 0. The van der Waals surface area contributed by atoms with Crippen molar-refractivity contribution in [3.8, 4) is 0 Å². The topological polar surface area (TPSA) is 37.3 Å². The fraction of sp³-hybridized carbons (Fsp3) is 0.808. The molecule has 156 valence electrons. The molecule has 1 fully saturated rings. The lowest BCUT2D eigenvalue weighted by Crippen LogP contribution is -2.53. The summed E-state index contributed by atoms with van der Waals surface area (Å²) in [5, 5.41) is 10.7. The number of fused-ring (bicyclic) bond motifs is 4. The zero-order chi connectivity index (χ0) is 20.3. The van der Waals surface area contributed by atoms with Crippen LogP contribution in [0.1, 0.15) is 92.4 Å². The quantitative estimate of drug-likeness (QED) is 0.582. The van der Waals surface area contributed by atoms with Crippen LogP contribution in [0.2, 0.25) is 0 Å². The summed E-state index contributed by atoms with van der Waals surface area (Å²) in [5.74, 6) is 1.89. The van der Waals surface area contributed by atoms with E-state index >= 15 is 0 Å². The highest BCUT2D eigenvalue weighted by Gasteiger charge is 2.57. The standard InChI is InChI=1S/C26H40O2/c1-17(7-6-16-27)19-9-10-20-18-8-11-22-24(2,3)23(28)13-15-26(22,5)21(18)12-14-25(19,20)4/h10,16-17,19,22-23,28H,6-9,11-15H2,1-5H3/t17-,19-,22+,23+,25-,26-/m1/s1. The largest absolute Gasteiger partial charge is 0.393 e. The van der Waals surface area contributed by atoms with Crippen molar-refractivity contribution in [2.45, 2.75) is 98.5 Å². The second-order valence-electron chi connectivity index (χ2n) is 11.4. The van der Waals surface area contributed by atoms with Gasteiger partial charge in [-0.25, -0.2) is 0 Å². The normalized spacial score (nSPS) is 42.9. The van der Waals surface area contributed by atoms with Gasteiger partial charge in [-0.15, -0.1) is 0 Å². The summed E-state index contributed by atoms with van der Waals surface area (Å²) in [4.78, 5) is 10.9. The van der Waals surface area contributed by atoms with Crippen molar-refractivity contribution in [1.29, 1.82) is 0 Å². The Morgan fingerprint density at radius 2 is 1.89 bits per heavy atom. The predicted molar refractivity (Wildman–Crippen MR) is 115 cm³/mol. The first-order valence-electron chi connectivity index (χ1n) is 11.7. The molecule has 4 aliphatic carbocycles. The monoisotopic (exact) mass is 384 g/mol. The smallest absolute Gasteiger partial charge is 0.120 e. The molecule has 0 heterocycles. The van der Waals surface area contributed by atoms with Gasteiger partial charge in [0.1, 0.15) is 6.29 Å². The molecule has 2 heteroatoms. The molecule has 0 bridgehead atoms. The Balaban J connectivity index is 1.67. The molecular weight excluding hydrogens is 344 g/mol. The van der Waals surface area contributed by atoms with Crippen molar-refractivity contribution < 1.29 is 9.90 Å². The van der Waals surface area contributed by atoms with Crippen LogP contribution in [0.15, 0.2) is 22.8 Å². The van der Waals surface area contributed by atoms with Crippen LogP contribution in [0.5, 0.6) is 0 Å². The average Bonchev–Trinajstić information content (AvgIpc) is 3.00. The average molecular weight is 385 g/mol. The summed E-state index contributed by atoms with van der Waals surface area (Å²) in [5.41, 5.74) is 5.69. The van der Waals surface area contributed by atoms with E-state index in [0.29, 0.717) is 29.6 Å². The van der Waals surface area contributed by atoms with E-state index in [4.69, 9.17) is 0 Å². The van der Waals surface area contributed by atoms with Gasteiger partial charge in [-0.3, -0.25) is 0 Å². The Kier molecular flexibility index (Phi) is 4.97. The van der Waals surface area contributed by atoms with Crippen molar-refractivity contribution in [1.82, 2.24) is 0 Å². The Labute approximate surface area is 171 Å². The Morgan fingerprint density at radius 3 is 2.61 bits per heavy atom. The van der Waals surface area contributed by atoms with Gasteiger partial charge in [0.2, 0.25) is 0 Å². The van der Waals surface area contributed by atoms with E-state index in [9.17, 15) is 9.90 Å². The molecule has 0 aliphatic heterocycles. The molecule has 1 N–H and O–H groups in total. The Morgan fingerprint density at radius 1 is 1.14 bits per heavy atom. The number of allylic oxidation sites excluding steroid dienone is 4. The SMILES string of the molecule is C[C@H](CCC=O)[C@H]1CC=C2C3=C(CC[C@@]21C)[C@@]1(C)CC[C@H](O)C(C)(C)[C@@H]1CC3. The maximum Gasteiger partial charge on any atom is 0.120 e. The Bertz CT molecular complexity index is 714. The molecule has 6 atom stereocenters. The van der Waals surface area contributed by atoms with Gasteiger partial charge in [0.25, 0.3) is 0 Å². The molecule has 2 nitrogen and oxygen atoms in total. The van der Waals surface area contributed by atoms with Gasteiger partial charge >= 0.3 is 0 Å². The summed E-state index contributed by atoms with van der Waals surface area (Å²) < 4.78 is 0. The van der Waals surface area contributed by atoms with Crippen LogP contribution in [-0.2, 0) is 4.79 Å². The van der Waals surface area contributed by atoms with E-state index in [1.54, 1.807) is 16.7 Å². The lowest BCUT2D eigenvalue weighted by molar-refractivity contribution is -0.108. The van der Waals surface area contributed by atoms with E-state index in [-0.39, 0.29) is 16.9 Å². The molecule has 0 radical (unpaired) electrons. The van der Waals surface area contributed by atoms with Crippen LogP contribution in [-0.4, -0.2) is 17.5 Å². The van der Waals surface area contributed by atoms with Crippen molar-refractivity contribution in [2.24, 2.45) is 34.0 Å². The highest BCUT2D eigenvalue weighted by Crippen LogP contribution is 2.66. The van der Waals surface area contributed by atoms with E-state index < -0.39 is 0 Å². The Hall–Kier alpha value is -0.890. The second-order valence-corrected chi connectivity index (χ2v) is 11.4. The van der Waals surface area contributed by atoms with Gasteiger partial charge in [0.05, 0.1) is 6.10 Å². The number of hydrogen-bond donors (Lipinski definition) is 1. The van der Waals surface area contributed by atoms with Crippen LogP contribution in [0.4, 0.5) is 0 Å². The predicted octanol–water partition coefficient (Wildman–Crippen LogP) is 6.24. The first kappa shape index (κ1) is 20.4. The summed E-state index contributed by atoms with van der Waals surface area (Å²) in [6.07, 6.45) is 13.4. The van der Waals surface area contributed by atoms with Crippen LogP contribution in [0.3, 0.4) is 0 Å². The van der Waals surface area contributed by atoms with Gasteiger partial charge in [-0.1, -0.05) is 46.3 Å². The minimum atomic E-state index is -0.157. The van der Waals surface area contributed by atoms with Gasteiger partial charge in [-0.2, -0.15) is 0 Å². The minimum Gasteiger partial charge on any atom is -0.393 e. The molecule has 0 aromatic rings. The van der Waals surface area contributed by atoms with Crippen molar-refractivity contribution >= 4 is 6.29 Å². The molecular formula is C26H40O2. The number of aldehydes is 1. The van der Waals surface area contributed by atoms with Gasteiger partial charge in [0, 0.05) is 6.42 Å². The van der Waals surface area contributed by atoms with E-state index in [1.165, 1.54) is 32.1 Å². The van der Waals surface area contributed by atoms with E-state index in [1.807, 2.05) is 0 Å². The minimum absolute atomic E-state index is 0.0161. The fourth-order valence-electron chi connectivity index (χ4n) is 8.11. The lowest BCUT2D eigenvalue weighted by atomic mass is 9.46. The van der Waals surface area contributed by atoms with Crippen LogP contribution >= 0.6 is 0 Å². The third kappa shape index (κ3) is 2.73. The second kappa shape index (κ2) is 6.83. The maximum atomic E-state index is 10.9. The number of hydrogen-bond acceptors (Lipinski definition) is 2. The van der Waals surface area contributed by atoms with Gasteiger partial charge < -0.3 is 9.90 Å². The summed E-state index contributed by atoms with van der Waals surface area (Å²) in [6.45, 7) is 12.0. The maximum absolute atomic E-state index is 10.9. The summed E-state index contributed by atoms with van der Waals surface area (Å²) in [7, 11) is 0. The number of aliphatic hydroxyl groups is 1. The number of carbonyl (C=O) groups excluding carboxylic acids is 1. The third-order valence-corrected chi connectivity index (χ3v) is 9.86. The molecule has 4 aliphatic rings. The molecule has 0 aromatic carbocycles. The van der Waals surface area contributed by atoms with E-state index in [0.717, 1.165) is 25.5 Å². The number of rotatable bonds is 4. The van der Waals surface area contributed by atoms with Gasteiger partial charge in [0.15, 0.2) is 0 Å². The molecule has 28 heavy (non-hydrogen) atoms. The molecule has 0 unspecified atom stereocenters. The highest BCUT2D eigenvalue weighted by molar-refractivity contribution is 5.50. The zero-order valence-electron chi connectivity index (χ0n) is 18.7. The molecule has 0 saturated heterocycles. The third-order valence-electron chi connectivity index (χ3n) is 9.86. The van der Waals surface area contributed by atoms with Crippen LogP contribution < -0.4 is 0 Å². The molecule has 4 rings (SSSR count). The number of aliphatic hydroxyl groups excluding tert-OH is 1. The van der Waals surface area contributed by atoms with Crippen LogP contribution in [0, 0.1) is 34.0 Å². The van der Waals surface area contributed by atoms with Crippen molar-refractivity contribution in [3.05, 3.63) is 22.8 Å². The summed E-state index contributed by atoms with van der Waals surface area (Å²) in [6, 6.07) is 0. The first-order valence-corrected chi connectivity index (χ1v) is 11.7. The molecule has 1 saturated carbocycles. The number of carbonyl (C=O) groups is 1. The molecule has 0 amide bonds. The molecule has 0 spiro atoms. The van der Waals surface area contributed by atoms with Gasteiger partial charge in [-0.05, 0) is 96.5 Å².